The summed E-state index contributed by atoms with van der Waals surface area (Å²) in [6, 6.07) is 13.3. The van der Waals surface area contributed by atoms with Gasteiger partial charge in [0.25, 0.3) is 0 Å². The molecule has 0 saturated carbocycles. The topological polar surface area (TPSA) is 56.7 Å². The van der Waals surface area contributed by atoms with Crippen molar-refractivity contribution in [3.05, 3.63) is 70.5 Å². The number of benzene rings is 2. The van der Waals surface area contributed by atoms with Crippen molar-refractivity contribution in [1.82, 2.24) is 10.6 Å². The molecule has 0 bridgehead atoms. The Balaban J connectivity index is 1.96. The molecule has 0 aliphatic carbocycles. The van der Waals surface area contributed by atoms with Crippen LogP contribution >= 0.6 is 11.6 Å². The van der Waals surface area contributed by atoms with Crippen molar-refractivity contribution in [2.75, 3.05) is 13.1 Å². The highest BCUT2D eigenvalue weighted by Gasteiger charge is 2.08. The van der Waals surface area contributed by atoms with E-state index in [2.05, 4.69) is 15.6 Å². The second-order valence-corrected chi connectivity index (χ2v) is 5.64. The lowest BCUT2D eigenvalue weighted by atomic mass is 10.1. The Kier molecular flexibility index (Phi) is 7.03. The fourth-order valence-corrected chi connectivity index (χ4v) is 2.32. The molecule has 0 radical (unpaired) electrons. The van der Waals surface area contributed by atoms with Crippen molar-refractivity contribution in [2.24, 2.45) is 4.99 Å². The van der Waals surface area contributed by atoms with E-state index in [-0.39, 0.29) is 12.4 Å². The molecule has 0 aliphatic heterocycles. The van der Waals surface area contributed by atoms with E-state index in [1.165, 1.54) is 12.1 Å². The van der Waals surface area contributed by atoms with Gasteiger partial charge in [-0.05, 0) is 36.2 Å². The van der Waals surface area contributed by atoms with Crippen LogP contribution in [0.4, 0.5) is 4.39 Å². The molecule has 128 valence electrons. The van der Waals surface area contributed by atoms with Gasteiger partial charge >= 0.3 is 0 Å². The average Bonchev–Trinajstić information content (AvgIpc) is 2.59. The summed E-state index contributed by atoms with van der Waals surface area (Å²) in [5.74, 6) is 0.257. The smallest absolute Gasteiger partial charge is 0.191 e. The molecular weight excluding hydrogens is 329 g/mol. The van der Waals surface area contributed by atoms with Crippen LogP contribution in [0.25, 0.3) is 0 Å². The molecule has 0 fully saturated rings. The van der Waals surface area contributed by atoms with Gasteiger partial charge in [0.05, 0.1) is 12.6 Å². The van der Waals surface area contributed by atoms with Gasteiger partial charge in [-0.1, -0.05) is 41.9 Å². The highest BCUT2D eigenvalue weighted by Crippen LogP contribution is 2.16. The lowest BCUT2D eigenvalue weighted by Gasteiger charge is -2.15. The van der Waals surface area contributed by atoms with E-state index >= 15 is 0 Å². The predicted molar refractivity (Wildman–Crippen MR) is 95.6 cm³/mol. The minimum absolute atomic E-state index is 0.264. The van der Waals surface area contributed by atoms with Gasteiger partial charge < -0.3 is 15.7 Å². The fourth-order valence-electron chi connectivity index (χ4n) is 2.13. The number of halogens is 2. The number of hydrogen-bond acceptors (Lipinski definition) is 2. The summed E-state index contributed by atoms with van der Waals surface area (Å²) < 4.78 is 12.9. The van der Waals surface area contributed by atoms with Crippen molar-refractivity contribution in [3.8, 4) is 0 Å². The van der Waals surface area contributed by atoms with E-state index in [9.17, 15) is 9.50 Å². The second kappa shape index (κ2) is 9.25. The Morgan fingerprint density at radius 2 is 1.88 bits per heavy atom. The summed E-state index contributed by atoms with van der Waals surface area (Å²) in [6.45, 7) is 3.35. The number of aliphatic hydroxyl groups excluding tert-OH is 1. The van der Waals surface area contributed by atoms with Crippen LogP contribution in [-0.4, -0.2) is 24.2 Å². The van der Waals surface area contributed by atoms with Crippen molar-refractivity contribution >= 4 is 17.6 Å². The van der Waals surface area contributed by atoms with Crippen LogP contribution < -0.4 is 10.6 Å². The maximum absolute atomic E-state index is 12.9. The molecule has 1 atom stereocenters. The first-order valence-electron chi connectivity index (χ1n) is 7.79. The molecule has 0 heterocycles. The van der Waals surface area contributed by atoms with Crippen LogP contribution in [0.1, 0.15) is 24.2 Å². The van der Waals surface area contributed by atoms with Gasteiger partial charge in [0, 0.05) is 18.1 Å². The van der Waals surface area contributed by atoms with E-state index in [4.69, 9.17) is 11.6 Å². The molecule has 4 nitrogen and oxygen atoms in total. The zero-order valence-electron chi connectivity index (χ0n) is 13.5. The van der Waals surface area contributed by atoms with Gasteiger partial charge in [0.15, 0.2) is 5.96 Å². The number of aliphatic imine (C=N–C) groups is 1. The third-order valence-corrected chi connectivity index (χ3v) is 3.80. The van der Waals surface area contributed by atoms with E-state index in [1.54, 1.807) is 12.1 Å². The van der Waals surface area contributed by atoms with Crippen molar-refractivity contribution < 1.29 is 9.50 Å². The monoisotopic (exact) mass is 349 g/mol. The molecule has 6 heteroatoms. The first kappa shape index (κ1) is 18.2. The molecule has 2 aromatic carbocycles. The van der Waals surface area contributed by atoms with E-state index < -0.39 is 6.10 Å². The third kappa shape index (κ3) is 5.51. The molecule has 2 aromatic rings. The average molecular weight is 350 g/mol. The van der Waals surface area contributed by atoms with Gasteiger partial charge in [0.1, 0.15) is 5.82 Å². The minimum atomic E-state index is -0.755. The summed E-state index contributed by atoms with van der Waals surface area (Å²) in [7, 11) is 0. The van der Waals surface area contributed by atoms with Crippen molar-refractivity contribution in [1.29, 1.82) is 0 Å². The van der Waals surface area contributed by atoms with Gasteiger partial charge in [-0.25, -0.2) is 9.38 Å². The Hall–Kier alpha value is -2.11. The summed E-state index contributed by atoms with van der Waals surface area (Å²) >= 11 is 6.12. The standard InChI is InChI=1S/C18H21ClFN3O/c1-2-21-18(22-11-14-5-3-4-6-16(14)19)23-12-17(24)13-7-9-15(20)10-8-13/h3-10,17,24H,2,11-12H2,1H3,(H2,21,22,23). The van der Waals surface area contributed by atoms with Gasteiger partial charge in [0.2, 0.25) is 0 Å². The number of guanidine groups is 1. The molecular formula is C18H21ClFN3O. The molecule has 3 N–H and O–H groups in total. The largest absolute Gasteiger partial charge is 0.387 e. The normalized spacial score (nSPS) is 12.8. The van der Waals surface area contributed by atoms with Gasteiger partial charge in [-0.15, -0.1) is 0 Å². The van der Waals surface area contributed by atoms with Crippen molar-refractivity contribution in [2.45, 2.75) is 19.6 Å². The first-order valence-corrected chi connectivity index (χ1v) is 8.17. The minimum Gasteiger partial charge on any atom is -0.387 e. The summed E-state index contributed by atoms with van der Waals surface area (Å²) in [6.07, 6.45) is -0.755. The molecule has 0 aromatic heterocycles. The maximum atomic E-state index is 12.9. The van der Waals surface area contributed by atoms with E-state index in [0.717, 1.165) is 5.56 Å². The molecule has 0 spiro atoms. The molecule has 0 saturated heterocycles. The lowest BCUT2D eigenvalue weighted by Crippen LogP contribution is -2.39. The summed E-state index contributed by atoms with van der Waals surface area (Å²) in [4.78, 5) is 4.46. The highest BCUT2D eigenvalue weighted by molar-refractivity contribution is 6.31. The molecule has 0 amide bonds. The Morgan fingerprint density at radius 1 is 1.17 bits per heavy atom. The second-order valence-electron chi connectivity index (χ2n) is 5.23. The van der Waals surface area contributed by atoms with E-state index in [1.807, 2.05) is 31.2 Å². The number of nitrogens with one attached hydrogen (secondary N) is 2. The quantitative estimate of drug-likeness (QED) is 0.554. The van der Waals surface area contributed by atoms with Crippen LogP contribution in [0.3, 0.4) is 0 Å². The SMILES string of the molecule is CCNC(=NCc1ccccc1Cl)NCC(O)c1ccc(F)cc1. The number of rotatable bonds is 6. The Labute approximate surface area is 146 Å². The predicted octanol–water partition coefficient (Wildman–Crippen LogP) is 3.27. The summed E-state index contributed by atoms with van der Waals surface area (Å²) in [5.41, 5.74) is 1.57. The van der Waals surface area contributed by atoms with Crippen LogP contribution in [0, 0.1) is 5.82 Å². The van der Waals surface area contributed by atoms with Crippen LogP contribution in [-0.2, 0) is 6.54 Å². The van der Waals surface area contributed by atoms with Crippen LogP contribution in [0.2, 0.25) is 5.02 Å². The zero-order valence-corrected chi connectivity index (χ0v) is 14.2. The zero-order chi connectivity index (χ0) is 17.4. The maximum Gasteiger partial charge on any atom is 0.191 e. The molecule has 1 unspecified atom stereocenters. The third-order valence-electron chi connectivity index (χ3n) is 3.43. The van der Waals surface area contributed by atoms with Crippen LogP contribution in [0.15, 0.2) is 53.5 Å². The molecule has 24 heavy (non-hydrogen) atoms. The molecule has 2 rings (SSSR count). The Bertz CT molecular complexity index is 676. The number of aliphatic hydroxyl groups is 1. The first-order chi connectivity index (χ1) is 11.6. The number of hydrogen-bond donors (Lipinski definition) is 3. The lowest BCUT2D eigenvalue weighted by molar-refractivity contribution is 0.180. The molecule has 0 aliphatic rings. The fraction of sp³-hybridized carbons (Fsp3) is 0.278. The van der Waals surface area contributed by atoms with Crippen LogP contribution in [0.5, 0.6) is 0 Å². The Morgan fingerprint density at radius 3 is 2.54 bits per heavy atom. The summed E-state index contributed by atoms with van der Waals surface area (Å²) in [5, 5.41) is 17.0. The van der Waals surface area contributed by atoms with E-state index in [0.29, 0.717) is 29.6 Å². The van der Waals surface area contributed by atoms with Gasteiger partial charge in [-0.3, -0.25) is 0 Å². The highest BCUT2D eigenvalue weighted by atomic mass is 35.5. The van der Waals surface area contributed by atoms with Crippen molar-refractivity contribution in [3.63, 3.8) is 0 Å². The van der Waals surface area contributed by atoms with Gasteiger partial charge in [-0.2, -0.15) is 0 Å². The number of nitrogens with zero attached hydrogens (tertiary/aromatic N) is 1.